The zero-order chi connectivity index (χ0) is 18.8. The molecule has 8 heteroatoms. The molecular weight excluding hydrogens is 371 g/mol. The van der Waals surface area contributed by atoms with Crippen molar-refractivity contribution in [3.8, 4) is 0 Å². The molecule has 0 bridgehead atoms. The molecule has 2 heterocycles. The van der Waals surface area contributed by atoms with Gasteiger partial charge >= 0.3 is 0 Å². The highest BCUT2D eigenvalue weighted by atomic mass is 35.5. The molecular formula is C19H22ClFN4O2. The number of fused-ring (bicyclic) bond motifs is 1. The van der Waals surface area contributed by atoms with Gasteiger partial charge in [0, 0.05) is 20.6 Å². The van der Waals surface area contributed by atoms with Crippen LogP contribution in [-0.2, 0) is 13.0 Å². The Morgan fingerprint density at radius 1 is 1.22 bits per heavy atom. The second kappa shape index (κ2) is 8.45. The van der Waals surface area contributed by atoms with Gasteiger partial charge < -0.3 is 15.5 Å². The Kier molecular flexibility index (Phi) is 6.51. The molecule has 27 heavy (non-hydrogen) atoms. The maximum Gasteiger partial charge on any atom is 0.271 e. The van der Waals surface area contributed by atoms with Crippen LogP contribution in [0.4, 0.5) is 10.1 Å². The summed E-state index contributed by atoms with van der Waals surface area (Å²) in [5.74, 6) is -1.08. The molecule has 0 aliphatic carbocycles. The van der Waals surface area contributed by atoms with Gasteiger partial charge in [0.1, 0.15) is 11.5 Å². The molecule has 0 spiro atoms. The summed E-state index contributed by atoms with van der Waals surface area (Å²) in [6, 6.07) is 6.43. The van der Waals surface area contributed by atoms with Gasteiger partial charge in [0.15, 0.2) is 0 Å². The number of aryl methyl sites for hydroxylation is 1. The predicted octanol–water partition coefficient (Wildman–Crippen LogP) is 2.55. The third-order valence-electron chi connectivity index (χ3n) is 4.41. The Hall–Kier alpha value is -2.51. The van der Waals surface area contributed by atoms with Crippen LogP contribution in [0.5, 0.6) is 0 Å². The lowest BCUT2D eigenvalue weighted by Crippen LogP contribution is -2.25. The maximum absolute atomic E-state index is 14.7. The van der Waals surface area contributed by atoms with E-state index in [1.165, 1.54) is 17.0 Å². The summed E-state index contributed by atoms with van der Waals surface area (Å²) in [4.78, 5) is 30.1. The molecule has 2 aromatic rings. The van der Waals surface area contributed by atoms with E-state index in [1.54, 1.807) is 27.1 Å². The van der Waals surface area contributed by atoms with E-state index in [1.807, 2.05) is 6.07 Å². The first-order valence-electron chi connectivity index (χ1n) is 8.40. The van der Waals surface area contributed by atoms with Gasteiger partial charge in [0.2, 0.25) is 0 Å². The number of anilines is 1. The molecule has 0 atom stereocenters. The molecule has 1 aromatic heterocycles. The van der Waals surface area contributed by atoms with Crippen molar-refractivity contribution < 1.29 is 14.0 Å². The molecule has 3 rings (SSSR count). The van der Waals surface area contributed by atoms with E-state index < -0.39 is 5.91 Å². The zero-order valence-electron chi connectivity index (χ0n) is 15.4. The van der Waals surface area contributed by atoms with E-state index >= 15 is 0 Å². The molecule has 0 fully saturated rings. The molecule has 2 N–H and O–H groups in total. The summed E-state index contributed by atoms with van der Waals surface area (Å²) in [5.41, 5.74) is 2.69. The molecule has 0 saturated heterocycles. The Labute approximate surface area is 163 Å². The van der Waals surface area contributed by atoms with Gasteiger partial charge in [-0.3, -0.25) is 9.59 Å². The van der Waals surface area contributed by atoms with Crippen molar-refractivity contribution in [2.45, 2.75) is 19.9 Å². The van der Waals surface area contributed by atoms with Gasteiger partial charge in [-0.25, -0.2) is 9.37 Å². The summed E-state index contributed by atoms with van der Waals surface area (Å²) < 4.78 is 14.7. The number of pyridine rings is 1. The fourth-order valence-electron chi connectivity index (χ4n) is 2.97. The summed E-state index contributed by atoms with van der Waals surface area (Å²) in [6.07, 6.45) is 0.590. The minimum Gasteiger partial charge on any atom is -0.343 e. The number of halogens is 2. The normalized spacial score (nSPS) is 12.6. The van der Waals surface area contributed by atoms with Crippen molar-refractivity contribution in [1.82, 2.24) is 15.2 Å². The lowest BCUT2D eigenvalue weighted by atomic mass is 9.99. The topological polar surface area (TPSA) is 74.3 Å². The number of rotatable bonds is 3. The lowest BCUT2D eigenvalue weighted by molar-refractivity contribution is 0.0821. The van der Waals surface area contributed by atoms with E-state index in [9.17, 15) is 14.0 Å². The number of benzene rings is 1. The number of hydrogen-bond acceptors (Lipinski definition) is 4. The minimum atomic E-state index is -0.452. The second-order valence-corrected chi connectivity index (χ2v) is 6.47. The van der Waals surface area contributed by atoms with E-state index in [4.69, 9.17) is 0 Å². The quantitative estimate of drug-likeness (QED) is 0.841. The van der Waals surface area contributed by atoms with Crippen LogP contribution < -0.4 is 10.6 Å². The number of aromatic nitrogens is 1. The number of carbonyl (C=O) groups is 2. The smallest absolute Gasteiger partial charge is 0.271 e. The first-order valence-corrected chi connectivity index (χ1v) is 8.40. The van der Waals surface area contributed by atoms with Crippen LogP contribution in [0.25, 0.3) is 0 Å². The Morgan fingerprint density at radius 2 is 1.96 bits per heavy atom. The van der Waals surface area contributed by atoms with E-state index in [0.29, 0.717) is 36.3 Å². The first kappa shape index (κ1) is 20.8. The van der Waals surface area contributed by atoms with Gasteiger partial charge in [0.25, 0.3) is 11.8 Å². The van der Waals surface area contributed by atoms with Crippen LogP contribution >= 0.6 is 12.4 Å². The van der Waals surface area contributed by atoms with Gasteiger partial charge in [-0.1, -0.05) is 6.07 Å². The number of amides is 2. The SMILES string of the molecule is Cc1nc(C(=O)N(C)C)ccc1C(=O)Nc1ccc2c(c1F)CCNC2.Cl. The lowest BCUT2D eigenvalue weighted by Gasteiger charge is -2.19. The van der Waals surface area contributed by atoms with Gasteiger partial charge in [-0.05, 0) is 49.2 Å². The largest absolute Gasteiger partial charge is 0.343 e. The van der Waals surface area contributed by atoms with Crippen LogP contribution in [0.15, 0.2) is 24.3 Å². The van der Waals surface area contributed by atoms with Crippen molar-refractivity contribution in [3.05, 3.63) is 58.2 Å². The Morgan fingerprint density at radius 3 is 2.63 bits per heavy atom. The summed E-state index contributed by atoms with van der Waals surface area (Å²) in [6.45, 7) is 2.99. The highest BCUT2D eigenvalue weighted by Crippen LogP contribution is 2.25. The maximum atomic E-state index is 14.7. The average Bonchev–Trinajstić information content (AvgIpc) is 2.63. The van der Waals surface area contributed by atoms with Gasteiger partial charge in [0.05, 0.1) is 16.9 Å². The third kappa shape index (κ3) is 4.26. The summed E-state index contributed by atoms with van der Waals surface area (Å²) in [5, 5.41) is 5.81. The molecule has 6 nitrogen and oxygen atoms in total. The minimum absolute atomic E-state index is 0. The van der Waals surface area contributed by atoms with Crippen molar-refractivity contribution in [1.29, 1.82) is 0 Å². The number of nitrogens with zero attached hydrogens (tertiary/aromatic N) is 2. The predicted molar refractivity (Wildman–Crippen MR) is 104 cm³/mol. The average molecular weight is 393 g/mol. The molecule has 144 valence electrons. The van der Waals surface area contributed by atoms with Crippen molar-refractivity contribution in [3.63, 3.8) is 0 Å². The molecule has 0 radical (unpaired) electrons. The molecule has 0 unspecified atom stereocenters. The van der Waals surface area contributed by atoms with Crippen molar-refractivity contribution in [2.24, 2.45) is 0 Å². The fourth-order valence-corrected chi connectivity index (χ4v) is 2.97. The van der Waals surface area contributed by atoms with Crippen LogP contribution in [0.3, 0.4) is 0 Å². The van der Waals surface area contributed by atoms with Gasteiger partial charge in [-0.2, -0.15) is 0 Å². The monoisotopic (exact) mass is 392 g/mol. The highest BCUT2D eigenvalue weighted by molar-refractivity contribution is 6.05. The molecule has 0 saturated carbocycles. The number of carbonyl (C=O) groups excluding carboxylic acids is 2. The zero-order valence-corrected chi connectivity index (χ0v) is 16.2. The Bertz CT molecular complexity index is 886. The summed E-state index contributed by atoms with van der Waals surface area (Å²) in [7, 11) is 3.27. The van der Waals surface area contributed by atoms with Crippen molar-refractivity contribution in [2.75, 3.05) is 26.0 Å². The standard InChI is InChI=1S/C19H21FN4O2.ClH/c1-11-13(5-7-16(22-11)19(26)24(2)3)18(25)23-15-6-4-12-10-21-9-8-14(12)17(15)20;/h4-7,21H,8-10H2,1-3H3,(H,23,25);1H. The van der Waals surface area contributed by atoms with Gasteiger partial charge in [-0.15, -0.1) is 12.4 Å². The Balaban J connectivity index is 0.00000261. The van der Waals surface area contributed by atoms with Crippen LogP contribution in [0, 0.1) is 12.7 Å². The fraction of sp³-hybridized carbons (Fsp3) is 0.316. The number of hydrogen-bond donors (Lipinski definition) is 2. The van der Waals surface area contributed by atoms with Crippen LogP contribution in [0.2, 0.25) is 0 Å². The molecule has 2 amide bonds. The summed E-state index contributed by atoms with van der Waals surface area (Å²) >= 11 is 0. The van der Waals surface area contributed by atoms with Crippen molar-refractivity contribution >= 4 is 29.9 Å². The second-order valence-electron chi connectivity index (χ2n) is 6.47. The van der Waals surface area contributed by atoms with Crippen LogP contribution in [-0.4, -0.2) is 42.3 Å². The third-order valence-corrected chi connectivity index (χ3v) is 4.41. The van der Waals surface area contributed by atoms with E-state index in [-0.39, 0.29) is 35.5 Å². The molecule has 1 aromatic carbocycles. The molecule has 1 aliphatic rings. The van der Waals surface area contributed by atoms with E-state index in [2.05, 4.69) is 15.6 Å². The first-order chi connectivity index (χ1) is 12.4. The highest BCUT2D eigenvalue weighted by Gasteiger charge is 2.20. The van der Waals surface area contributed by atoms with E-state index in [0.717, 1.165) is 5.56 Å². The van der Waals surface area contributed by atoms with Crippen LogP contribution in [0.1, 0.15) is 37.7 Å². The number of nitrogens with one attached hydrogen (secondary N) is 2. The molecule has 1 aliphatic heterocycles.